The van der Waals surface area contributed by atoms with E-state index in [-0.39, 0.29) is 5.91 Å². The van der Waals surface area contributed by atoms with E-state index in [1.165, 1.54) is 0 Å². The molecule has 98 valence electrons. The van der Waals surface area contributed by atoms with Crippen molar-refractivity contribution in [3.8, 4) is 5.75 Å². The van der Waals surface area contributed by atoms with E-state index < -0.39 is 0 Å². The van der Waals surface area contributed by atoms with E-state index in [9.17, 15) is 4.79 Å². The fourth-order valence-electron chi connectivity index (χ4n) is 1.94. The molecule has 0 spiro atoms. The molecule has 0 unspecified atom stereocenters. The first-order chi connectivity index (χ1) is 8.72. The molecule has 0 atom stereocenters. The van der Waals surface area contributed by atoms with Gasteiger partial charge >= 0.3 is 0 Å². The number of amides is 1. The van der Waals surface area contributed by atoms with Gasteiger partial charge in [0.15, 0.2) is 0 Å². The van der Waals surface area contributed by atoms with Gasteiger partial charge in [0.05, 0.1) is 13.7 Å². The number of nitrogens with one attached hydrogen (secondary N) is 1. The summed E-state index contributed by atoms with van der Waals surface area (Å²) in [4.78, 5) is 13.6. The summed E-state index contributed by atoms with van der Waals surface area (Å²) < 4.78 is 5.26. The number of para-hydroxylation sites is 1. The molecule has 1 saturated carbocycles. The molecule has 2 rings (SSSR count). The molecule has 18 heavy (non-hydrogen) atoms. The number of ether oxygens (including phenoxy) is 1. The molecule has 1 N–H and O–H groups in total. The fourth-order valence-corrected chi connectivity index (χ4v) is 1.94. The molecule has 0 bridgehead atoms. The van der Waals surface area contributed by atoms with Crippen LogP contribution in [0, 0.1) is 0 Å². The number of nitrogens with zero attached hydrogens (tertiary/aromatic N) is 1. The van der Waals surface area contributed by atoms with Crippen molar-refractivity contribution in [1.82, 2.24) is 10.2 Å². The molecular formula is C14H20N2O2. The number of hydrogen-bond acceptors (Lipinski definition) is 3. The van der Waals surface area contributed by atoms with Gasteiger partial charge in [0.1, 0.15) is 5.75 Å². The lowest BCUT2D eigenvalue weighted by molar-refractivity contribution is -0.129. The van der Waals surface area contributed by atoms with E-state index in [4.69, 9.17) is 4.74 Å². The molecule has 1 amide bonds. The number of benzene rings is 1. The number of methoxy groups -OCH3 is 1. The van der Waals surface area contributed by atoms with Crippen molar-refractivity contribution in [2.24, 2.45) is 0 Å². The Kier molecular flexibility index (Phi) is 4.20. The maximum absolute atomic E-state index is 11.8. The lowest BCUT2D eigenvalue weighted by Gasteiger charge is -2.16. The topological polar surface area (TPSA) is 41.6 Å². The van der Waals surface area contributed by atoms with Gasteiger partial charge in [-0.25, -0.2) is 0 Å². The van der Waals surface area contributed by atoms with Crippen LogP contribution in [-0.2, 0) is 11.3 Å². The summed E-state index contributed by atoms with van der Waals surface area (Å²) in [7, 11) is 3.54. The predicted octanol–water partition coefficient (Wildman–Crippen LogP) is 1.41. The van der Waals surface area contributed by atoms with Gasteiger partial charge in [0.2, 0.25) is 5.91 Å². The summed E-state index contributed by atoms with van der Waals surface area (Å²) in [6.07, 6.45) is 2.30. The van der Waals surface area contributed by atoms with Crippen LogP contribution in [0.15, 0.2) is 24.3 Å². The summed E-state index contributed by atoms with van der Waals surface area (Å²) in [6, 6.07) is 8.31. The van der Waals surface area contributed by atoms with Gasteiger partial charge in [0, 0.05) is 25.2 Å². The SMILES string of the molecule is COc1ccccc1CNCC(=O)N(C)C1CC1. The minimum atomic E-state index is 0.160. The fraction of sp³-hybridized carbons (Fsp3) is 0.500. The van der Waals surface area contributed by atoms with Gasteiger partial charge < -0.3 is 15.0 Å². The highest BCUT2D eigenvalue weighted by Gasteiger charge is 2.28. The highest BCUT2D eigenvalue weighted by atomic mass is 16.5. The Labute approximate surface area is 108 Å². The molecule has 4 heteroatoms. The average Bonchev–Trinajstić information content (AvgIpc) is 3.22. The van der Waals surface area contributed by atoms with Crippen LogP contribution < -0.4 is 10.1 Å². The number of rotatable bonds is 6. The zero-order chi connectivity index (χ0) is 13.0. The standard InChI is InChI=1S/C14H20N2O2/c1-16(12-7-8-12)14(17)10-15-9-11-5-3-4-6-13(11)18-2/h3-6,12,15H,7-10H2,1-2H3. The van der Waals surface area contributed by atoms with Crippen LogP contribution in [-0.4, -0.2) is 37.6 Å². The van der Waals surface area contributed by atoms with Gasteiger partial charge in [-0.3, -0.25) is 4.79 Å². The molecule has 0 aliphatic heterocycles. The Hall–Kier alpha value is -1.55. The number of carbonyl (C=O) groups is 1. The monoisotopic (exact) mass is 248 g/mol. The first kappa shape index (κ1) is 12.9. The molecule has 0 heterocycles. The Morgan fingerprint density at radius 1 is 1.44 bits per heavy atom. The summed E-state index contributed by atoms with van der Waals surface area (Å²) in [5, 5.41) is 3.17. The van der Waals surface area contributed by atoms with Gasteiger partial charge in [-0.15, -0.1) is 0 Å². The lowest BCUT2D eigenvalue weighted by atomic mass is 10.2. The predicted molar refractivity (Wildman–Crippen MR) is 70.5 cm³/mol. The molecule has 1 aromatic rings. The van der Waals surface area contributed by atoms with Crippen molar-refractivity contribution < 1.29 is 9.53 Å². The smallest absolute Gasteiger partial charge is 0.236 e. The summed E-state index contributed by atoms with van der Waals surface area (Å²) in [5.74, 6) is 1.01. The van der Waals surface area contributed by atoms with E-state index in [0.29, 0.717) is 19.1 Å². The lowest BCUT2D eigenvalue weighted by Crippen LogP contribution is -2.36. The second kappa shape index (κ2) is 5.87. The van der Waals surface area contributed by atoms with Gasteiger partial charge in [-0.1, -0.05) is 18.2 Å². The summed E-state index contributed by atoms with van der Waals surface area (Å²) >= 11 is 0. The molecule has 1 aliphatic rings. The van der Waals surface area contributed by atoms with Crippen LogP contribution in [0.25, 0.3) is 0 Å². The number of hydrogen-bond donors (Lipinski definition) is 1. The Balaban J connectivity index is 1.79. The van der Waals surface area contributed by atoms with Crippen molar-refractivity contribution in [3.63, 3.8) is 0 Å². The Morgan fingerprint density at radius 2 is 2.17 bits per heavy atom. The third-order valence-corrected chi connectivity index (χ3v) is 3.27. The van der Waals surface area contributed by atoms with Gasteiger partial charge in [-0.2, -0.15) is 0 Å². The molecule has 4 nitrogen and oxygen atoms in total. The highest BCUT2D eigenvalue weighted by molar-refractivity contribution is 5.78. The van der Waals surface area contributed by atoms with E-state index in [0.717, 1.165) is 24.2 Å². The first-order valence-electron chi connectivity index (χ1n) is 6.30. The Bertz CT molecular complexity index is 416. The average molecular weight is 248 g/mol. The van der Waals surface area contributed by atoms with Crippen LogP contribution in [0.3, 0.4) is 0 Å². The molecule has 1 aromatic carbocycles. The van der Waals surface area contributed by atoms with E-state index >= 15 is 0 Å². The minimum Gasteiger partial charge on any atom is -0.496 e. The van der Waals surface area contributed by atoms with E-state index in [2.05, 4.69) is 5.32 Å². The molecule has 1 fully saturated rings. The van der Waals surface area contributed by atoms with Crippen molar-refractivity contribution >= 4 is 5.91 Å². The van der Waals surface area contributed by atoms with Crippen LogP contribution in [0.2, 0.25) is 0 Å². The van der Waals surface area contributed by atoms with Gasteiger partial charge in [-0.05, 0) is 18.9 Å². The third-order valence-electron chi connectivity index (χ3n) is 3.27. The van der Waals surface area contributed by atoms with Crippen LogP contribution >= 0.6 is 0 Å². The van der Waals surface area contributed by atoms with E-state index in [1.807, 2.05) is 36.2 Å². The largest absolute Gasteiger partial charge is 0.496 e. The highest BCUT2D eigenvalue weighted by Crippen LogP contribution is 2.25. The molecule has 1 aliphatic carbocycles. The minimum absolute atomic E-state index is 0.160. The van der Waals surface area contributed by atoms with Gasteiger partial charge in [0.25, 0.3) is 0 Å². The Morgan fingerprint density at radius 3 is 2.83 bits per heavy atom. The molecular weight excluding hydrogens is 228 g/mol. The maximum Gasteiger partial charge on any atom is 0.236 e. The quantitative estimate of drug-likeness (QED) is 0.827. The second-order valence-corrected chi connectivity index (χ2v) is 4.65. The molecule has 0 saturated heterocycles. The normalized spacial score (nSPS) is 14.3. The summed E-state index contributed by atoms with van der Waals surface area (Å²) in [6.45, 7) is 1.03. The van der Waals surface area contributed by atoms with Crippen LogP contribution in [0.4, 0.5) is 0 Å². The summed E-state index contributed by atoms with van der Waals surface area (Å²) in [5.41, 5.74) is 1.07. The number of likely N-dealkylation sites (N-methyl/N-ethyl adjacent to an activating group) is 1. The zero-order valence-electron chi connectivity index (χ0n) is 11.0. The second-order valence-electron chi connectivity index (χ2n) is 4.65. The first-order valence-corrected chi connectivity index (χ1v) is 6.30. The maximum atomic E-state index is 11.8. The number of carbonyl (C=O) groups excluding carboxylic acids is 1. The zero-order valence-corrected chi connectivity index (χ0v) is 11.0. The van der Waals surface area contributed by atoms with Crippen LogP contribution in [0.1, 0.15) is 18.4 Å². The van der Waals surface area contributed by atoms with Crippen molar-refractivity contribution in [3.05, 3.63) is 29.8 Å². The van der Waals surface area contributed by atoms with Crippen molar-refractivity contribution in [2.45, 2.75) is 25.4 Å². The third kappa shape index (κ3) is 3.23. The van der Waals surface area contributed by atoms with Crippen molar-refractivity contribution in [1.29, 1.82) is 0 Å². The van der Waals surface area contributed by atoms with Crippen LogP contribution in [0.5, 0.6) is 5.75 Å². The molecule has 0 aromatic heterocycles. The molecule has 0 radical (unpaired) electrons. The van der Waals surface area contributed by atoms with E-state index in [1.54, 1.807) is 7.11 Å². The van der Waals surface area contributed by atoms with Crippen molar-refractivity contribution in [2.75, 3.05) is 20.7 Å².